The lowest BCUT2D eigenvalue weighted by molar-refractivity contribution is 0.0493. The zero-order valence-corrected chi connectivity index (χ0v) is 11.1. The number of carbonyl (C=O) groups excluding carboxylic acids is 1. The van der Waals surface area contributed by atoms with Gasteiger partial charge in [0.25, 0.3) is 0 Å². The number of aromatic nitrogens is 2. The smallest absolute Gasteiger partial charge is 0.359 e. The van der Waals surface area contributed by atoms with Crippen molar-refractivity contribution in [1.82, 2.24) is 10.2 Å². The third-order valence-electron chi connectivity index (χ3n) is 3.01. The van der Waals surface area contributed by atoms with Crippen LogP contribution < -0.4 is 5.73 Å². The van der Waals surface area contributed by atoms with Crippen molar-refractivity contribution in [3.8, 4) is 0 Å². The first kappa shape index (κ1) is 13.4. The van der Waals surface area contributed by atoms with Gasteiger partial charge in [-0.1, -0.05) is 26.2 Å². The average molecular weight is 261 g/mol. The van der Waals surface area contributed by atoms with Crippen molar-refractivity contribution in [3.63, 3.8) is 0 Å². The number of nitrogens with zero attached hydrogens (tertiary/aromatic N) is 1. The highest BCUT2D eigenvalue weighted by atomic mass is 16.5. The first-order valence-corrected chi connectivity index (χ1v) is 6.63. The van der Waals surface area contributed by atoms with E-state index in [1.54, 1.807) is 18.2 Å². The molecule has 1 aromatic carbocycles. The minimum absolute atomic E-state index is 0.304. The third kappa shape index (κ3) is 3.24. The number of ether oxygens (including phenoxy) is 1. The van der Waals surface area contributed by atoms with Crippen LogP contribution >= 0.6 is 0 Å². The number of fused-ring (bicyclic) bond motifs is 1. The summed E-state index contributed by atoms with van der Waals surface area (Å²) in [6, 6.07) is 5.29. The van der Waals surface area contributed by atoms with Crippen LogP contribution in [0.3, 0.4) is 0 Å². The van der Waals surface area contributed by atoms with Gasteiger partial charge in [-0.15, -0.1) is 0 Å². The molecule has 1 heterocycles. The van der Waals surface area contributed by atoms with Crippen LogP contribution in [0.2, 0.25) is 0 Å². The maximum absolute atomic E-state index is 11.9. The van der Waals surface area contributed by atoms with Gasteiger partial charge in [0.15, 0.2) is 5.69 Å². The van der Waals surface area contributed by atoms with Crippen LogP contribution in [0.15, 0.2) is 18.2 Å². The molecule has 1 aromatic heterocycles. The monoisotopic (exact) mass is 261 g/mol. The molecule has 102 valence electrons. The first-order chi connectivity index (χ1) is 9.22. The number of aromatic amines is 1. The van der Waals surface area contributed by atoms with Gasteiger partial charge in [-0.3, -0.25) is 5.10 Å². The zero-order valence-electron chi connectivity index (χ0n) is 11.1. The summed E-state index contributed by atoms with van der Waals surface area (Å²) in [4.78, 5) is 11.9. The minimum atomic E-state index is -0.395. The number of nitrogens with one attached hydrogen (secondary N) is 1. The second kappa shape index (κ2) is 6.22. The van der Waals surface area contributed by atoms with E-state index in [9.17, 15) is 4.79 Å². The number of benzene rings is 1. The number of hydrogen-bond donors (Lipinski definition) is 2. The SMILES string of the molecule is CCCCCCOC(=O)c1n[nH]c2ccc(N)cc12. The summed E-state index contributed by atoms with van der Waals surface area (Å²) in [6.45, 7) is 2.59. The second-order valence-electron chi connectivity index (χ2n) is 4.57. The molecule has 3 N–H and O–H groups in total. The Hall–Kier alpha value is -2.04. The van der Waals surface area contributed by atoms with E-state index in [-0.39, 0.29) is 0 Å². The molecule has 0 fully saturated rings. The molecule has 0 saturated carbocycles. The molecule has 5 nitrogen and oxygen atoms in total. The molecule has 0 aliphatic heterocycles. The number of H-pyrrole nitrogens is 1. The van der Waals surface area contributed by atoms with Crippen molar-refractivity contribution in [2.45, 2.75) is 32.6 Å². The second-order valence-corrected chi connectivity index (χ2v) is 4.57. The molecular weight excluding hydrogens is 242 g/mol. The summed E-state index contributed by atoms with van der Waals surface area (Å²) in [5.74, 6) is -0.395. The lowest BCUT2D eigenvalue weighted by Crippen LogP contribution is -2.07. The van der Waals surface area contributed by atoms with Gasteiger partial charge in [-0.25, -0.2) is 4.79 Å². The minimum Gasteiger partial charge on any atom is -0.461 e. The van der Waals surface area contributed by atoms with E-state index >= 15 is 0 Å². The van der Waals surface area contributed by atoms with E-state index in [1.807, 2.05) is 0 Å². The van der Waals surface area contributed by atoms with Crippen LogP contribution in [0.5, 0.6) is 0 Å². The van der Waals surface area contributed by atoms with Gasteiger partial charge in [0.1, 0.15) is 0 Å². The van der Waals surface area contributed by atoms with Gasteiger partial charge in [-0.05, 0) is 24.6 Å². The number of nitrogens with two attached hydrogens (primary N) is 1. The number of unbranched alkanes of at least 4 members (excludes halogenated alkanes) is 3. The Balaban J connectivity index is 1.99. The number of nitrogen functional groups attached to an aromatic ring is 1. The largest absolute Gasteiger partial charge is 0.461 e. The maximum Gasteiger partial charge on any atom is 0.359 e. The molecule has 19 heavy (non-hydrogen) atoms. The van der Waals surface area contributed by atoms with Crippen LogP contribution in [0, 0.1) is 0 Å². The highest BCUT2D eigenvalue weighted by Gasteiger charge is 2.15. The molecule has 0 spiro atoms. The van der Waals surface area contributed by atoms with E-state index in [1.165, 1.54) is 6.42 Å². The Labute approximate surface area is 112 Å². The lowest BCUT2D eigenvalue weighted by Gasteiger charge is -2.02. The average Bonchev–Trinajstić information content (AvgIpc) is 2.81. The molecule has 2 aromatic rings. The van der Waals surface area contributed by atoms with Crippen LogP contribution in [0.1, 0.15) is 43.1 Å². The van der Waals surface area contributed by atoms with E-state index in [4.69, 9.17) is 10.5 Å². The Bertz CT molecular complexity index is 563. The fourth-order valence-electron chi connectivity index (χ4n) is 1.95. The van der Waals surface area contributed by atoms with E-state index in [0.717, 1.165) is 24.8 Å². The van der Waals surface area contributed by atoms with Crippen LogP contribution in [-0.4, -0.2) is 22.8 Å². The van der Waals surface area contributed by atoms with Crippen LogP contribution in [-0.2, 0) is 4.74 Å². The summed E-state index contributed by atoms with van der Waals surface area (Å²) >= 11 is 0. The molecule has 0 atom stereocenters. The van der Waals surface area contributed by atoms with E-state index in [0.29, 0.717) is 23.4 Å². The molecule has 5 heteroatoms. The fraction of sp³-hybridized carbons (Fsp3) is 0.429. The predicted octanol–water partition coefficient (Wildman–Crippen LogP) is 2.88. The number of anilines is 1. The Morgan fingerprint density at radius 3 is 3.00 bits per heavy atom. The van der Waals surface area contributed by atoms with Gasteiger partial charge < -0.3 is 10.5 Å². The van der Waals surface area contributed by atoms with Gasteiger partial charge in [-0.2, -0.15) is 5.10 Å². The number of esters is 1. The summed E-state index contributed by atoms with van der Waals surface area (Å²) in [7, 11) is 0. The van der Waals surface area contributed by atoms with E-state index in [2.05, 4.69) is 17.1 Å². The molecule has 0 aliphatic carbocycles. The summed E-state index contributed by atoms with van der Waals surface area (Å²) in [6.07, 6.45) is 4.30. The van der Waals surface area contributed by atoms with Crippen molar-refractivity contribution in [2.24, 2.45) is 0 Å². The van der Waals surface area contributed by atoms with Crippen molar-refractivity contribution in [1.29, 1.82) is 0 Å². The van der Waals surface area contributed by atoms with Gasteiger partial charge in [0.2, 0.25) is 0 Å². The van der Waals surface area contributed by atoms with Crippen molar-refractivity contribution >= 4 is 22.6 Å². The van der Waals surface area contributed by atoms with Crippen molar-refractivity contribution in [3.05, 3.63) is 23.9 Å². The zero-order chi connectivity index (χ0) is 13.7. The molecule has 0 aliphatic rings. The predicted molar refractivity (Wildman–Crippen MR) is 74.9 cm³/mol. The number of carbonyl (C=O) groups is 1. The van der Waals surface area contributed by atoms with Crippen molar-refractivity contribution < 1.29 is 9.53 Å². The van der Waals surface area contributed by atoms with E-state index < -0.39 is 5.97 Å². The number of rotatable bonds is 6. The highest BCUT2D eigenvalue weighted by Crippen LogP contribution is 2.19. The molecule has 0 radical (unpaired) electrons. The fourth-order valence-corrected chi connectivity index (χ4v) is 1.95. The van der Waals surface area contributed by atoms with Gasteiger partial charge >= 0.3 is 5.97 Å². The van der Waals surface area contributed by atoms with Gasteiger partial charge in [0, 0.05) is 11.1 Å². The number of hydrogen-bond acceptors (Lipinski definition) is 4. The van der Waals surface area contributed by atoms with Crippen LogP contribution in [0.25, 0.3) is 10.9 Å². The third-order valence-corrected chi connectivity index (χ3v) is 3.01. The topological polar surface area (TPSA) is 81.0 Å². The first-order valence-electron chi connectivity index (χ1n) is 6.63. The molecule has 0 saturated heterocycles. The molecule has 0 unspecified atom stereocenters. The summed E-state index contributed by atoms with van der Waals surface area (Å²) in [5, 5.41) is 7.50. The Morgan fingerprint density at radius 2 is 2.21 bits per heavy atom. The van der Waals surface area contributed by atoms with Crippen molar-refractivity contribution in [2.75, 3.05) is 12.3 Å². The lowest BCUT2D eigenvalue weighted by atomic mass is 10.2. The Kier molecular flexibility index (Phi) is 4.39. The maximum atomic E-state index is 11.9. The highest BCUT2D eigenvalue weighted by molar-refractivity contribution is 6.02. The summed E-state index contributed by atoms with van der Waals surface area (Å²) in [5.41, 5.74) is 7.40. The quantitative estimate of drug-likeness (QED) is 0.476. The molecule has 2 rings (SSSR count). The molecule has 0 bridgehead atoms. The van der Waals surface area contributed by atoms with Gasteiger partial charge in [0.05, 0.1) is 12.1 Å². The summed E-state index contributed by atoms with van der Waals surface area (Å²) < 4.78 is 5.22. The Morgan fingerprint density at radius 1 is 1.37 bits per heavy atom. The standard InChI is InChI=1S/C14H19N3O2/c1-2-3-4-5-8-19-14(18)13-11-9-10(15)6-7-12(11)16-17-13/h6-7,9H,2-5,8,15H2,1H3,(H,16,17). The van der Waals surface area contributed by atoms with Crippen LogP contribution in [0.4, 0.5) is 5.69 Å². The molecular formula is C14H19N3O2. The normalized spacial score (nSPS) is 10.8. The molecule has 0 amide bonds.